The maximum absolute atomic E-state index is 12.8. The number of aryl methyl sites for hydroxylation is 1. The molecule has 1 aliphatic heterocycles. The van der Waals surface area contributed by atoms with Gasteiger partial charge in [-0.15, -0.1) is 0 Å². The Morgan fingerprint density at radius 3 is 2.41 bits per heavy atom. The molecule has 2 heterocycles. The summed E-state index contributed by atoms with van der Waals surface area (Å²) in [4.78, 5) is 39.5. The highest BCUT2D eigenvalue weighted by Crippen LogP contribution is 2.16. The first-order chi connectivity index (χ1) is 13.0. The van der Waals surface area contributed by atoms with Crippen LogP contribution in [0.2, 0.25) is 5.02 Å². The Morgan fingerprint density at radius 2 is 1.74 bits per heavy atom. The zero-order valence-electron chi connectivity index (χ0n) is 15.2. The number of amides is 2. The molecule has 0 aliphatic carbocycles. The molecule has 1 aliphatic rings. The Hall–Kier alpha value is -2.60. The molecule has 7 heteroatoms. The Kier molecular flexibility index (Phi) is 5.96. The van der Waals surface area contributed by atoms with Crippen molar-refractivity contribution in [2.75, 3.05) is 18.4 Å². The van der Waals surface area contributed by atoms with Crippen molar-refractivity contribution in [1.29, 1.82) is 0 Å². The molecule has 1 aromatic carbocycles. The van der Waals surface area contributed by atoms with Crippen LogP contribution >= 0.6 is 11.6 Å². The highest BCUT2D eigenvalue weighted by molar-refractivity contribution is 6.31. The zero-order valence-corrected chi connectivity index (χ0v) is 16.0. The lowest BCUT2D eigenvalue weighted by Crippen LogP contribution is -2.33. The average Bonchev–Trinajstić information content (AvgIpc) is 2.94. The minimum Gasteiger partial charge on any atom is -0.339 e. The fraction of sp³-hybridized carbons (Fsp3) is 0.350. The number of carbonyl (C=O) groups is 2. The number of hydrogen-bond donors (Lipinski definition) is 1. The Bertz CT molecular complexity index is 915. The summed E-state index contributed by atoms with van der Waals surface area (Å²) in [5.74, 6) is -0.570. The summed E-state index contributed by atoms with van der Waals surface area (Å²) in [6, 6.07) is 7.91. The Labute approximate surface area is 162 Å². The third-order valence-electron chi connectivity index (χ3n) is 4.66. The van der Waals surface area contributed by atoms with Gasteiger partial charge in [-0.25, -0.2) is 0 Å². The lowest BCUT2D eigenvalue weighted by Gasteiger charge is -2.21. The van der Waals surface area contributed by atoms with Crippen LogP contribution < -0.4 is 10.9 Å². The number of benzene rings is 1. The predicted octanol–water partition coefficient (Wildman–Crippen LogP) is 3.31. The summed E-state index contributed by atoms with van der Waals surface area (Å²) in [5, 5.41) is 3.03. The van der Waals surface area contributed by atoms with Crippen LogP contribution in [0.4, 0.5) is 5.69 Å². The van der Waals surface area contributed by atoms with Crippen molar-refractivity contribution >= 4 is 29.1 Å². The molecule has 6 nitrogen and oxygen atoms in total. The van der Waals surface area contributed by atoms with E-state index in [2.05, 4.69) is 5.32 Å². The highest BCUT2D eigenvalue weighted by atomic mass is 35.5. The summed E-state index contributed by atoms with van der Waals surface area (Å²) in [6.45, 7) is 1.43. The van der Waals surface area contributed by atoms with Crippen molar-refractivity contribution in [3.8, 4) is 0 Å². The van der Waals surface area contributed by atoms with Gasteiger partial charge in [-0.05, 0) is 37.1 Å². The van der Waals surface area contributed by atoms with Crippen LogP contribution in [0.25, 0.3) is 0 Å². The van der Waals surface area contributed by atoms with Gasteiger partial charge < -0.3 is 14.8 Å². The molecule has 1 N–H and O–H groups in total. The summed E-state index contributed by atoms with van der Waals surface area (Å²) < 4.78 is 1.32. The van der Waals surface area contributed by atoms with Gasteiger partial charge in [-0.1, -0.05) is 30.5 Å². The maximum Gasteiger partial charge on any atom is 0.274 e. The van der Waals surface area contributed by atoms with Gasteiger partial charge in [0.25, 0.3) is 17.4 Å². The van der Waals surface area contributed by atoms with Crippen LogP contribution in [0, 0.1) is 0 Å². The quantitative estimate of drug-likeness (QED) is 0.878. The smallest absolute Gasteiger partial charge is 0.274 e. The van der Waals surface area contributed by atoms with E-state index < -0.39 is 5.91 Å². The number of nitrogens with one attached hydrogen (secondary N) is 1. The van der Waals surface area contributed by atoms with E-state index in [9.17, 15) is 14.4 Å². The van der Waals surface area contributed by atoms with E-state index in [4.69, 9.17) is 11.6 Å². The number of rotatable bonds is 3. The minimum absolute atomic E-state index is 0.0724. The summed E-state index contributed by atoms with van der Waals surface area (Å²) in [7, 11) is 1.57. The largest absolute Gasteiger partial charge is 0.339 e. The summed E-state index contributed by atoms with van der Waals surface area (Å²) in [6.07, 6.45) is 5.73. The molecule has 0 radical (unpaired) electrons. The molecule has 1 saturated heterocycles. The van der Waals surface area contributed by atoms with Crippen molar-refractivity contribution in [3.63, 3.8) is 0 Å². The van der Waals surface area contributed by atoms with Crippen LogP contribution in [0.1, 0.15) is 46.4 Å². The first-order valence-electron chi connectivity index (χ1n) is 9.02. The van der Waals surface area contributed by atoms with Crippen molar-refractivity contribution in [1.82, 2.24) is 9.47 Å². The number of hydrogen-bond acceptors (Lipinski definition) is 3. The van der Waals surface area contributed by atoms with E-state index in [0.29, 0.717) is 29.2 Å². The summed E-state index contributed by atoms with van der Waals surface area (Å²) in [5.41, 5.74) is 0.426. The second-order valence-corrected chi connectivity index (χ2v) is 7.17. The second kappa shape index (κ2) is 8.39. The number of aromatic nitrogens is 1. The molecule has 2 aromatic rings. The Balaban J connectivity index is 1.86. The molecule has 1 fully saturated rings. The average molecular weight is 388 g/mol. The van der Waals surface area contributed by atoms with Gasteiger partial charge in [0.2, 0.25) is 0 Å². The molecular formula is C20H22ClN3O3. The van der Waals surface area contributed by atoms with Crippen LogP contribution in [-0.4, -0.2) is 34.4 Å². The summed E-state index contributed by atoms with van der Waals surface area (Å²) >= 11 is 5.92. The molecule has 3 rings (SSSR count). The molecule has 0 bridgehead atoms. The van der Waals surface area contributed by atoms with E-state index in [1.807, 2.05) is 4.90 Å². The van der Waals surface area contributed by atoms with Gasteiger partial charge in [0.1, 0.15) is 5.69 Å². The van der Waals surface area contributed by atoms with Gasteiger partial charge in [0.05, 0.1) is 5.56 Å². The molecule has 0 spiro atoms. The standard InChI is InChI=1S/C20H22ClN3O3/c1-23-13-15(19(26)24-9-4-2-3-5-10-24)12-17(20(23)27)22-18(25)14-7-6-8-16(21)11-14/h6-8,11-13H,2-5,9-10H2,1H3,(H,22,25). The minimum atomic E-state index is -0.450. The van der Waals surface area contributed by atoms with E-state index in [0.717, 1.165) is 25.7 Å². The molecule has 0 saturated carbocycles. The molecular weight excluding hydrogens is 366 g/mol. The topological polar surface area (TPSA) is 71.4 Å². The zero-order chi connectivity index (χ0) is 19.4. The van der Waals surface area contributed by atoms with E-state index in [-0.39, 0.29) is 17.2 Å². The highest BCUT2D eigenvalue weighted by Gasteiger charge is 2.20. The molecule has 27 heavy (non-hydrogen) atoms. The third kappa shape index (κ3) is 4.57. The molecule has 1 aromatic heterocycles. The van der Waals surface area contributed by atoms with Crippen LogP contribution in [0.15, 0.2) is 41.3 Å². The number of pyridine rings is 1. The lowest BCUT2D eigenvalue weighted by atomic mass is 10.2. The normalized spacial score (nSPS) is 14.5. The Morgan fingerprint density at radius 1 is 1.04 bits per heavy atom. The van der Waals surface area contributed by atoms with Crippen LogP contribution in [0.5, 0.6) is 0 Å². The number of likely N-dealkylation sites (tertiary alicyclic amines) is 1. The van der Waals surface area contributed by atoms with Crippen molar-refractivity contribution < 1.29 is 9.59 Å². The number of nitrogens with zero attached hydrogens (tertiary/aromatic N) is 2. The van der Waals surface area contributed by atoms with Gasteiger partial charge in [-0.3, -0.25) is 14.4 Å². The number of carbonyl (C=O) groups excluding carboxylic acids is 2. The first kappa shape index (κ1) is 19.2. The van der Waals surface area contributed by atoms with Crippen molar-refractivity contribution in [2.24, 2.45) is 7.05 Å². The number of anilines is 1. The van der Waals surface area contributed by atoms with Crippen molar-refractivity contribution in [2.45, 2.75) is 25.7 Å². The predicted molar refractivity (Wildman–Crippen MR) is 105 cm³/mol. The third-order valence-corrected chi connectivity index (χ3v) is 4.89. The number of halogens is 1. The second-order valence-electron chi connectivity index (χ2n) is 6.73. The molecule has 142 valence electrons. The van der Waals surface area contributed by atoms with Gasteiger partial charge >= 0.3 is 0 Å². The monoisotopic (exact) mass is 387 g/mol. The SMILES string of the molecule is Cn1cc(C(=O)N2CCCCCC2)cc(NC(=O)c2cccc(Cl)c2)c1=O. The lowest BCUT2D eigenvalue weighted by molar-refractivity contribution is 0.0760. The first-order valence-corrected chi connectivity index (χ1v) is 9.40. The van der Waals surface area contributed by atoms with E-state index >= 15 is 0 Å². The van der Waals surface area contributed by atoms with Gasteiger partial charge in [0, 0.05) is 36.9 Å². The fourth-order valence-corrected chi connectivity index (χ4v) is 3.39. The van der Waals surface area contributed by atoms with E-state index in [1.54, 1.807) is 25.2 Å². The van der Waals surface area contributed by atoms with Gasteiger partial charge in [0.15, 0.2) is 0 Å². The van der Waals surface area contributed by atoms with Gasteiger partial charge in [-0.2, -0.15) is 0 Å². The molecule has 2 amide bonds. The van der Waals surface area contributed by atoms with Crippen LogP contribution in [-0.2, 0) is 7.05 Å². The van der Waals surface area contributed by atoms with Crippen LogP contribution in [0.3, 0.4) is 0 Å². The molecule has 0 unspecified atom stereocenters. The van der Waals surface area contributed by atoms with Crippen molar-refractivity contribution in [3.05, 3.63) is 63.0 Å². The fourth-order valence-electron chi connectivity index (χ4n) is 3.20. The molecule has 0 atom stereocenters. The maximum atomic E-state index is 12.8. The van der Waals surface area contributed by atoms with E-state index in [1.165, 1.54) is 22.9 Å².